The van der Waals surface area contributed by atoms with Crippen LogP contribution >= 0.6 is 0 Å². The van der Waals surface area contributed by atoms with Crippen molar-refractivity contribution < 1.29 is 14.6 Å². The van der Waals surface area contributed by atoms with Crippen LogP contribution in [-0.4, -0.2) is 45.3 Å². The summed E-state index contributed by atoms with van der Waals surface area (Å²) in [6.45, 7) is 9.64. The van der Waals surface area contributed by atoms with Gasteiger partial charge in [-0.05, 0) is 91.9 Å². The van der Waals surface area contributed by atoms with E-state index in [0.717, 1.165) is 64.0 Å². The number of rotatable bonds is 7. The molecule has 39 heavy (non-hydrogen) atoms. The van der Waals surface area contributed by atoms with Crippen molar-refractivity contribution in [1.82, 2.24) is 14.5 Å². The molecule has 0 saturated carbocycles. The van der Waals surface area contributed by atoms with Crippen LogP contribution in [0.15, 0.2) is 85.5 Å². The Morgan fingerprint density at radius 3 is 2.69 bits per heavy atom. The average molecular weight is 522 g/mol. The molecule has 200 valence electrons. The maximum absolute atomic E-state index is 10.2. The quantitative estimate of drug-likeness (QED) is 0.291. The second-order valence-corrected chi connectivity index (χ2v) is 10.9. The molecule has 0 aliphatic carbocycles. The number of nitrogens with zero attached hydrogens (tertiary/aromatic N) is 3. The summed E-state index contributed by atoms with van der Waals surface area (Å²) in [6, 6.07) is 22.4. The van der Waals surface area contributed by atoms with Crippen molar-refractivity contribution in [3.05, 3.63) is 102 Å². The van der Waals surface area contributed by atoms with Gasteiger partial charge in [0.15, 0.2) is 0 Å². The topological polar surface area (TPSA) is 59.8 Å². The minimum Gasteiger partial charge on any atom is -0.508 e. The largest absolute Gasteiger partial charge is 0.508 e. The van der Waals surface area contributed by atoms with E-state index in [9.17, 15) is 5.11 Å². The van der Waals surface area contributed by atoms with Gasteiger partial charge in [0.05, 0.1) is 6.33 Å². The summed E-state index contributed by atoms with van der Waals surface area (Å²) in [7, 11) is 0. The molecule has 3 aromatic carbocycles. The lowest BCUT2D eigenvalue weighted by Crippen LogP contribution is -2.35. The predicted molar refractivity (Wildman–Crippen MR) is 154 cm³/mol. The van der Waals surface area contributed by atoms with Gasteiger partial charge in [-0.15, -0.1) is 0 Å². The van der Waals surface area contributed by atoms with E-state index in [0.29, 0.717) is 12.6 Å². The highest BCUT2D eigenvalue weighted by atomic mass is 16.5. The lowest BCUT2D eigenvalue weighted by molar-refractivity contribution is 0.169. The van der Waals surface area contributed by atoms with Crippen LogP contribution in [0, 0.1) is 5.92 Å². The molecule has 0 spiro atoms. The maximum atomic E-state index is 10.2. The molecule has 2 aliphatic rings. The molecule has 1 fully saturated rings. The molecule has 6 rings (SSSR count). The zero-order chi connectivity index (χ0) is 26.9. The summed E-state index contributed by atoms with van der Waals surface area (Å²) in [5, 5.41) is 10.2. The molecule has 3 atom stereocenters. The van der Waals surface area contributed by atoms with Crippen LogP contribution < -0.4 is 9.47 Å². The zero-order valence-electron chi connectivity index (χ0n) is 22.7. The third-order valence-electron chi connectivity index (χ3n) is 7.99. The Balaban J connectivity index is 1.30. The lowest BCUT2D eigenvalue weighted by Gasteiger charge is -2.31. The third kappa shape index (κ3) is 5.17. The van der Waals surface area contributed by atoms with Gasteiger partial charge in [0.25, 0.3) is 0 Å². The first-order chi connectivity index (χ1) is 19.0. The zero-order valence-corrected chi connectivity index (χ0v) is 22.7. The van der Waals surface area contributed by atoms with Gasteiger partial charge in [-0.1, -0.05) is 31.2 Å². The van der Waals surface area contributed by atoms with Gasteiger partial charge in [-0.2, -0.15) is 0 Å². The Hall–Kier alpha value is -4.03. The molecule has 3 unspecified atom stereocenters. The van der Waals surface area contributed by atoms with Crippen LogP contribution in [0.2, 0.25) is 0 Å². The van der Waals surface area contributed by atoms with Crippen LogP contribution in [0.25, 0.3) is 16.8 Å². The van der Waals surface area contributed by atoms with E-state index >= 15 is 0 Å². The summed E-state index contributed by atoms with van der Waals surface area (Å²) >= 11 is 0. The molecule has 0 amide bonds. The Morgan fingerprint density at radius 2 is 1.95 bits per heavy atom. The number of allylic oxidation sites excluding steroid dienone is 1. The van der Waals surface area contributed by atoms with Crippen molar-refractivity contribution in [3.63, 3.8) is 0 Å². The molecular formula is C33H35N3O3. The molecule has 1 N–H and O–H groups in total. The predicted octanol–water partition coefficient (Wildman–Crippen LogP) is 6.75. The summed E-state index contributed by atoms with van der Waals surface area (Å²) < 4.78 is 14.8. The highest BCUT2D eigenvalue weighted by Crippen LogP contribution is 2.47. The number of phenols is 1. The fraction of sp³-hybridized carbons (Fsp3) is 0.303. The summed E-state index contributed by atoms with van der Waals surface area (Å²) in [6.07, 6.45) is 6.47. The van der Waals surface area contributed by atoms with E-state index in [1.807, 2.05) is 29.0 Å². The molecule has 6 heteroatoms. The van der Waals surface area contributed by atoms with Crippen molar-refractivity contribution in [1.29, 1.82) is 0 Å². The number of aromatic nitrogens is 2. The first-order valence-corrected chi connectivity index (χ1v) is 13.7. The Kier molecular flexibility index (Phi) is 6.88. The van der Waals surface area contributed by atoms with Crippen LogP contribution in [0.1, 0.15) is 50.0 Å². The van der Waals surface area contributed by atoms with Gasteiger partial charge in [0.2, 0.25) is 0 Å². The Labute approximate surface area is 230 Å². The number of imidazole rings is 1. The van der Waals surface area contributed by atoms with E-state index < -0.39 is 0 Å². The molecule has 1 saturated heterocycles. The van der Waals surface area contributed by atoms with Gasteiger partial charge in [0, 0.05) is 41.8 Å². The molecule has 0 bridgehead atoms. The first kappa shape index (κ1) is 25.3. The highest BCUT2D eigenvalue weighted by Gasteiger charge is 2.30. The van der Waals surface area contributed by atoms with Crippen molar-refractivity contribution in [2.45, 2.75) is 39.3 Å². The van der Waals surface area contributed by atoms with E-state index in [4.69, 9.17) is 9.47 Å². The molecule has 3 heterocycles. The second-order valence-electron chi connectivity index (χ2n) is 10.9. The molecule has 4 aromatic rings. The van der Waals surface area contributed by atoms with Crippen molar-refractivity contribution in [2.24, 2.45) is 5.92 Å². The Morgan fingerprint density at radius 1 is 1.10 bits per heavy atom. The lowest BCUT2D eigenvalue weighted by atomic mass is 9.86. The average Bonchev–Trinajstić information content (AvgIpc) is 3.65. The number of fused-ring (bicyclic) bond motifs is 1. The SMILES string of the molecule is CC1=C(c2cccc(-n3ccnc3)c2)C(c2ccc(OCC(C)N3CCC(C)C3)cc2)Oc2ccc(O)cc21. The van der Waals surface area contributed by atoms with Crippen molar-refractivity contribution in [3.8, 4) is 22.9 Å². The summed E-state index contributed by atoms with van der Waals surface area (Å²) in [5.74, 6) is 2.62. The summed E-state index contributed by atoms with van der Waals surface area (Å²) in [4.78, 5) is 6.72. The number of ether oxygens (including phenoxy) is 2. The van der Waals surface area contributed by atoms with Gasteiger partial charge in [-0.25, -0.2) is 4.98 Å². The number of likely N-dealkylation sites (tertiary alicyclic amines) is 1. The highest BCUT2D eigenvalue weighted by molar-refractivity contribution is 5.96. The fourth-order valence-corrected chi connectivity index (χ4v) is 5.72. The van der Waals surface area contributed by atoms with Crippen LogP contribution in [0.3, 0.4) is 0 Å². The van der Waals surface area contributed by atoms with E-state index in [-0.39, 0.29) is 11.9 Å². The Bertz CT molecular complexity index is 1480. The van der Waals surface area contributed by atoms with Crippen LogP contribution in [0.5, 0.6) is 17.2 Å². The third-order valence-corrected chi connectivity index (χ3v) is 7.99. The standard InChI is InChI=1S/C33H35N3O3/c1-22-13-15-35(19-22)23(2)20-38-29-10-7-25(8-11-29)33-32(24(3)30-18-28(37)9-12-31(30)39-33)26-5-4-6-27(17-26)36-16-14-34-21-36/h4-12,14,16-18,21-23,33,37H,13,15,19-20H2,1-3H3. The van der Waals surface area contributed by atoms with E-state index in [1.54, 1.807) is 24.7 Å². The summed E-state index contributed by atoms with van der Waals surface area (Å²) in [5.41, 5.74) is 6.18. The second kappa shape index (κ2) is 10.6. The molecule has 0 radical (unpaired) electrons. The monoisotopic (exact) mass is 521 g/mol. The van der Waals surface area contributed by atoms with Crippen LogP contribution in [-0.2, 0) is 0 Å². The van der Waals surface area contributed by atoms with Crippen molar-refractivity contribution in [2.75, 3.05) is 19.7 Å². The number of benzene rings is 3. The fourth-order valence-electron chi connectivity index (χ4n) is 5.72. The molecule has 6 nitrogen and oxygen atoms in total. The first-order valence-electron chi connectivity index (χ1n) is 13.7. The number of phenolic OH excluding ortho intramolecular Hbond substituents is 1. The van der Waals surface area contributed by atoms with E-state index in [2.05, 4.69) is 67.1 Å². The molecule has 1 aromatic heterocycles. The van der Waals surface area contributed by atoms with Crippen LogP contribution in [0.4, 0.5) is 0 Å². The molecular weight excluding hydrogens is 486 g/mol. The van der Waals surface area contributed by atoms with Gasteiger partial charge >= 0.3 is 0 Å². The van der Waals surface area contributed by atoms with Crippen molar-refractivity contribution >= 4 is 11.1 Å². The van der Waals surface area contributed by atoms with Gasteiger partial charge in [-0.3, -0.25) is 4.90 Å². The normalized spacial score (nSPS) is 20.0. The number of hydrogen-bond donors (Lipinski definition) is 1. The number of aromatic hydroxyl groups is 1. The maximum Gasteiger partial charge on any atom is 0.150 e. The molecule has 2 aliphatic heterocycles. The number of hydrogen-bond acceptors (Lipinski definition) is 5. The van der Waals surface area contributed by atoms with Gasteiger partial charge < -0.3 is 19.1 Å². The van der Waals surface area contributed by atoms with Gasteiger partial charge in [0.1, 0.15) is 30.0 Å². The minimum atomic E-state index is -0.306. The van der Waals surface area contributed by atoms with E-state index in [1.165, 1.54) is 6.42 Å². The minimum absolute atomic E-state index is 0.223. The smallest absolute Gasteiger partial charge is 0.150 e.